The Morgan fingerprint density at radius 1 is 0.531 bits per heavy atom. The van der Waals surface area contributed by atoms with Crippen molar-refractivity contribution in [2.75, 3.05) is 45.8 Å². The van der Waals surface area contributed by atoms with Crippen LogP contribution < -0.4 is 0 Å². The summed E-state index contributed by atoms with van der Waals surface area (Å²) < 4.78 is 16.8. The fourth-order valence-electron chi connectivity index (χ4n) is 4.80. The molecule has 0 spiro atoms. The largest absolute Gasteiger partial charge is 0.459 e. The van der Waals surface area contributed by atoms with Crippen molar-refractivity contribution in [2.24, 2.45) is 0 Å². The lowest BCUT2D eigenvalue weighted by molar-refractivity contribution is -0.158. The van der Waals surface area contributed by atoms with E-state index in [0.29, 0.717) is 62.0 Å². The molecule has 274 valence electrons. The third-order valence-electron chi connectivity index (χ3n) is 6.61. The maximum absolute atomic E-state index is 13.0. The van der Waals surface area contributed by atoms with Crippen molar-refractivity contribution < 1.29 is 38.8 Å². The molecule has 49 heavy (non-hydrogen) atoms. The molecule has 0 aliphatic carbocycles. The molecule has 0 saturated heterocycles. The summed E-state index contributed by atoms with van der Waals surface area (Å²) >= 11 is 0. The standard InChI is InChI=1S/C36H57N5O8/c1-34(2,3)47-31(44)22-39(16-18-40(23-32(45)48-35(4,5)6)20-27-12-10-14-29(25-42)37-27)17-19-41(24-33(46)49-36(7,8)9)21-28-13-11-15-30(26-43)38-28/h10-15,42-43H,16-26H2,1-9H3. The van der Waals surface area contributed by atoms with E-state index < -0.39 is 34.7 Å². The van der Waals surface area contributed by atoms with Gasteiger partial charge in [-0.25, -0.2) is 0 Å². The van der Waals surface area contributed by atoms with Gasteiger partial charge in [0.1, 0.15) is 16.8 Å². The number of aromatic nitrogens is 2. The fourth-order valence-corrected chi connectivity index (χ4v) is 4.80. The molecule has 0 radical (unpaired) electrons. The molecule has 0 aliphatic heterocycles. The van der Waals surface area contributed by atoms with Crippen LogP contribution in [-0.2, 0) is 54.9 Å². The van der Waals surface area contributed by atoms with Gasteiger partial charge >= 0.3 is 17.9 Å². The van der Waals surface area contributed by atoms with Crippen molar-refractivity contribution in [2.45, 2.75) is 105 Å². The van der Waals surface area contributed by atoms with Crippen LogP contribution in [0.1, 0.15) is 85.1 Å². The van der Waals surface area contributed by atoms with Gasteiger partial charge in [-0.2, -0.15) is 0 Å². The van der Waals surface area contributed by atoms with Gasteiger partial charge in [-0.15, -0.1) is 0 Å². The number of carbonyl (C=O) groups is 3. The molecular weight excluding hydrogens is 630 g/mol. The smallest absolute Gasteiger partial charge is 0.320 e. The highest BCUT2D eigenvalue weighted by molar-refractivity contribution is 5.73. The average molecular weight is 688 g/mol. The van der Waals surface area contributed by atoms with Gasteiger partial charge in [0.05, 0.1) is 55.6 Å². The van der Waals surface area contributed by atoms with Crippen molar-refractivity contribution in [3.05, 3.63) is 59.2 Å². The summed E-state index contributed by atoms with van der Waals surface area (Å²) in [6.45, 7) is 17.9. The van der Waals surface area contributed by atoms with Crippen LogP contribution in [0, 0.1) is 0 Å². The molecule has 0 saturated carbocycles. The van der Waals surface area contributed by atoms with Gasteiger partial charge in [-0.1, -0.05) is 12.1 Å². The number of hydrogen-bond donors (Lipinski definition) is 2. The Morgan fingerprint density at radius 2 is 0.816 bits per heavy atom. The van der Waals surface area contributed by atoms with Gasteiger partial charge in [-0.05, 0) is 86.6 Å². The monoisotopic (exact) mass is 687 g/mol. The number of aliphatic hydroxyl groups is 2. The van der Waals surface area contributed by atoms with E-state index in [1.54, 1.807) is 45.0 Å². The third-order valence-corrected chi connectivity index (χ3v) is 6.61. The second kappa shape index (κ2) is 19.0. The first-order chi connectivity index (χ1) is 22.7. The summed E-state index contributed by atoms with van der Waals surface area (Å²) in [6.07, 6.45) is 0. The van der Waals surface area contributed by atoms with E-state index in [1.807, 2.05) is 68.4 Å². The Morgan fingerprint density at radius 3 is 1.12 bits per heavy atom. The zero-order chi connectivity index (χ0) is 36.8. The Kier molecular flexibility index (Phi) is 16.2. The molecule has 0 aromatic carbocycles. The number of rotatable bonds is 18. The van der Waals surface area contributed by atoms with E-state index in [0.717, 1.165) is 0 Å². The minimum absolute atomic E-state index is 0.0137. The first-order valence-electron chi connectivity index (χ1n) is 16.7. The summed E-state index contributed by atoms with van der Waals surface area (Å²) in [4.78, 5) is 53.6. The van der Waals surface area contributed by atoms with Gasteiger partial charge in [0.15, 0.2) is 0 Å². The van der Waals surface area contributed by atoms with Crippen LogP contribution in [0.25, 0.3) is 0 Å². The van der Waals surface area contributed by atoms with E-state index in [4.69, 9.17) is 14.2 Å². The van der Waals surface area contributed by atoms with Gasteiger partial charge < -0.3 is 24.4 Å². The lowest BCUT2D eigenvalue weighted by Gasteiger charge is -2.31. The number of carbonyl (C=O) groups excluding carboxylic acids is 3. The van der Waals surface area contributed by atoms with E-state index in [9.17, 15) is 24.6 Å². The summed E-state index contributed by atoms with van der Waals surface area (Å²) in [6, 6.07) is 10.7. The van der Waals surface area contributed by atoms with Crippen LogP contribution in [0.4, 0.5) is 0 Å². The molecular formula is C36H57N5O8. The van der Waals surface area contributed by atoms with Crippen molar-refractivity contribution in [1.82, 2.24) is 24.7 Å². The first kappa shape index (κ1) is 41.7. The molecule has 0 unspecified atom stereocenters. The Balaban J connectivity index is 2.31. The van der Waals surface area contributed by atoms with E-state index >= 15 is 0 Å². The normalized spacial score (nSPS) is 12.4. The van der Waals surface area contributed by atoms with Gasteiger partial charge in [-0.3, -0.25) is 39.1 Å². The highest BCUT2D eigenvalue weighted by Crippen LogP contribution is 2.13. The lowest BCUT2D eigenvalue weighted by atomic mass is 10.2. The van der Waals surface area contributed by atoms with E-state index in [2.05, 4.69) is 9.97 Å². The fraction of sp³-hybridized carbons (Fsp3) is 0.639. The maximum atomic E-state index is 13.0. The molecule has 2 aromatic heterocycles. The van der Waals surface area contributed by atoms with Crippen molar-refractivity contribution in [3.8, 4) is 0 Å². The van der Waals surface area contributed by atoms with Crippen LogP contribution in [0.5, 0.6) is 0 Å². The van der Waals surface area contributed by atoms with Crippen molar-refractivity contribution in [1.29, 1.82) is 0 Å². The molecule has 2 heterocycles. The quantitative estimate of drug-likeness (QED) is 0.174. The molecule has 0 fully saturated rings. The van der Waals surface area contributed by atoms with Crippen molar-refractivity contribution in [3.63, 3.8) is 0 Å². The van der Waals surface area contributed by atoms with Gasteiger partial charge in [0, 0.05) is 39.3 Å². The molecule has 2 aromatic rings. The molecule has 2 rings (SSSR count). The number of esters is 3. The number of aliphatic hydroxyl groups excluding tert-OH is 2. The molecule has 13 heteroatoms. The molecule has 0 atom stereocenters. The zero-order valence-electron chi connectivity index (χ0n) is 30.8. The topological polar surface area (TPSA) is 155 Å². The molecule has 0 aliphatic rings. The van der Waals surface area contributed by atoms with Crippen LogP contribution in [0.3, 0.4) is 0 Å². The summed E-state index contributed by atoms with van der Waals surface area (Å²) in [7, 11) is 0. The lowest BCUT2D eigenvalue weighted by Crippen LogP contribution is -2.45. The Hall–Kier alpha value is -3.49. The summed E-state index contributed by atoms with van der Waals surface area (Å²) in [5.41, 5.74) is 0.384. The molecule has 13 nitrogen and oxygen atoms in total. The minimum atomic E-state index is -0.680. The molecule has 2 N–H and O–H groups in total. The van der Waals surface area contributed by atoms with E-state index in [1.165, 1.54) is 0 Å². The second-order valence-corrected chi connectivity index (χ2v) is 15.0. The first-order valence-corrected chi connectivity index (χ1v) is 16.7. The Bertz CT molecular complexity index is 1260. The third kappa shape index (κ3) is 18.7. The average Bonchev–Trinajstić information content (AvgIpc) is 2.95. The van der Waals surface area contributed by atoms with Gasteiger partial charge in [0.2, 0.25) is 0 Å². The molecule has 0 amide bonds. The number of nitrogens with zero attached hydrogens (tertiary/aromatic N) is 5. The van der Waals surface area contributed by atoms with E-state index in [-0.39, 0.29) is 32.8 Å². The number of ether oxygens (including phenoxy) is 3. The van der Waals surface area contributed by atoms with Crippen molar-refractivity contribution >= 4 is 17.9 Å². The van der Waals surface area contributed by atoms with Crippen LogP contribution in [0.15, 0.2) is 36.4 Å². The Labute approximate surface area is 291 Å². The molecule has 0 bridgehead atoms. The summed E-state index contributed by atoms with van der Waals surface area (Å²) in [5.74, 6) is -1.20. The van der Waals surface area contributed by atoms with Crippen LogP contribution in [-0.4, -0.2) is 115 Å². The summed E-state index contributed by atoms with van der Waals surface area (Å²) in [5, 5.41) is 19.2. The predicted molar refractivity (Wildman–Crippen MR) is 185 cm³/mol. The number of hydrogen-bond acceptors (Lipinski definition) is 13. The predicted octanol–water partition coefficient (Wildman–Crippen LogP) is 3.09. The maximum Gasteiger partial charge on any atom is 0.320 e. The van der Waals surface area contributed by atoms with Gasteiger partial charge in [0.25, 0.3) is 0 Å². The zero-order valence-corrected chi connectivity index (χ0v) is 30.8. The minimum Gasteiger partial charge on any atom is -0.459 e. The van der Waals surface area contributed by atoms with Crippen LogP contribution >= 0.6 is 0 Å². The SMILES string of the molecule is CC(C)(C)OC(=O)CN(CCN(CC(=O)OC(C)(C)C)Cc1cccc(CO)n1)CCN(CC(=O)OC(C)(C)C)Cc1cccc(CO)n1. The second-order valence-electron chi connectivity index (χ2n) is 15.0. The van der Waals surface area contributed by atoms with Crippen LogP contribution in [0.2, 0.25) is 0 Å². The number of pyridine rings is 2. The highest BCUT2D eigenvalue weighted by Gasteiger charge is 2.25. The highest BCUT2D eigenvalue weighted by atomic mass is 16.6.